The number of amides is 1. The summed E-state index contributed by atoms with van der Waals surface area (Å²) >= 11 is 0. The van der Waals surface area contributed by atoms with Crippen molar-refractivity contribution in [1.82, 2.24) is 4.98 Å². The van der Waals surface area contributed by atoms with Gasteiger partial charge in [0.2, 0.25) is 5.91 Å². The number of carbonyl (C=O) groups excluding carboxylic acids is 1. The highest BCUT2D eigenvalue weighted by Crippen LogP contribution is 2.26. The Labute approximate surface area is 108 Å². The average molecular weight is 260 g/mol. The van der Waals surface area contributed by atoms with Gasteiger partial charge in [-0.25, -0.2) is 0 Å². The third-order valence-electron chi connectivity index (χ3n) is 2.58. The third kappa shape index (κ3) is 2.76. The van der Waals surface area contributed by atoms with Gasteiger partial charge in [-0.2, -0.15) is 0 Å². The van der Waals surface area contributed by atoms with Gasteiger partial charge in [-0.1, -0.05) is 0 Å². The van der Waals surface area contributed by atoms with Crippen molar-refractivity contribution < 1.29 is 9.72 Å². The van der Waals surface area contributed by atoms with Crippen LogP contribution in [0, 0.1) is 17.0 Å². The molecule has 0 aliphatic carbocycles. The molecule has 7 nitrogen and oxygen atoms in total. The summed E-state index contributed by atoms with van der Waals surface area (Å²) in [7, 11) is 0. The fraction of sp³-hybridized carbons (Fsp3) is 0.167. The van der Waals surface area contributed by atoms with Crippen molar-refractivity contribution in [1.29, 1.82) is 0 Å². The lowest BCUT2D eigenvalue weighted by atomic mass is 10.1. The van der Waals surface area contributed by atoms with Crippen molar-refractivity contribution >= 4 is 28.2 Å². The molecule has 1 aromatic heterocycles. The summed E-state index contributed by atoms with van der Waals surface area (Å²) in [5.74, 6) is -0.506. The number of benzene rings is 1. The molecule has 2 aromatic rings. The number of nitrogens with zero attached hydrogens (tertiary/aromatic N) is 2. The molecule has 3 N–H and O–H groups in total. The molecule has 1 heterocycles. The smallest absolute Gasteiger partial charge is 0.270 e. The molecule has 0 aliphatic heterocycles. The molecule has 1 amide bonds. The van der Waals surface area contributed by atoms with Crippen LogP contribution in [0.5, 0.6) is 0 Å². The molecule has 98 valence electrons. The fourth-order valence-corrected chi connectivity index (χ4v) is 1.79. The van der Waals surface area contributed by atoms with E-state index < -0.39 is 10.8 Å². The second-order valence-corrected chi connectivity index (χ2v) is 4.09. The number of anilines is 1. The fourth-order valence-electron chi connectivity index (χ4n) is 1.79. The number of fused-ring (bicyclic) bond motifs is 1. The number of nitro groups is 1. The van der Waals surface area contributed by atoms with Gasteiger partial charge in [0.25, 0.3) is 5.69 Å². The highest BCUT2D eigenvalue weighted by atomic mass is 16.6. The number of rotatable bonds is 4. The van der Waals surface area contributed by atoms with E-state index in [2.05, 4.69) is 10.3 Å². The van der Waals surface area contributed by atoms with Gasteiger partial charge < -0.3 is 11.1 Å². The van der Waals surface area contributed by atoms with Gasteiger partial charge in [0.05, 0.1) is 17.0 Å². The molecule has 0 aliphatic rings. The van der Waals surface area contributed by atoms with Crippen LogP contribution in [-0.4, -0.2) is 22.4 Å². The third-order valence-corrected chi connectivity index (χ3v) is 2.58. The second-order valence-electron chi connectivity index (χ2n) is 4.09. The van der Waals surface area contributed by atoms with Crippen LogP contribution in [-0.2, 0) is 4.79 Å². The van der Waals surface area contributed by atoms with Crippen LogP contribution in [0.1, 0.15) is 5.69 Å². The number of nitro benzene ring substituents is 1. The molecular formula is C12H12N4O3. The van der Waals surface area contributed by atoms with Crippen molar-refractivity contribution in [2.45, 2.75) is 6.92 Å². The Morgan fingerprint density at radius 3 is 2.84 bits per heavy atom. The SMILES string of the molecule is Cc1cc(NCC(N)=O)c2cc([N+](=O)[O-])ccc2n1. The van der Waals surface area contributed by atoms with Crippen LogP contribution in [0.25, 0.3) is 10.9 Å². The summed E-state index contributed by atoms with van der Waals surface area (Å²) in [6, 6.07) is 6.11. The highest BCUT2D eigenvalue weighted by molar-refractivity contribution is 5.94. The maximum absolute atomic E-state index is 10.8. The number of aryl methyl sites for hydroxylation is 1. The molecule has 0 unspecified atom stereocenters. The van der Waals surface area contributed by atoms with E-state index in [1.54, 1.807) is 19.1 Å². The second kappa shape index (κ2) is 4.89. The predicted molar refractivity (Wildman–Crippen MR) is 70.8 cm³/mol. The number of non-ortho nitro benzene ring substituents is 1. The van der Waals surface area contributed by atoms with E-state index in [1.807, 2.05) is 0 Å². The first-order chi connectivity index (χ1) is 8.97. The van der Waals surface area contributed by atoms with Gasteiger partial charge in [0, 0.05) is 28.9 Å². The summed E-state index contributed by atoms with van der Waals surface area (Å²) in [4.78, 5) is 25.4. The van der Waals surface area contributed by atoms with E-state index in [-0.39, 0.29) is 12.2 Å². The molecule has 0 spiro atoms. The van der Waals surface area contributed by atoms with Gasteiger partial charge in [-0.3, -0.25) is 19.9 Å². The van der Waals surface area contributed by atoms with Gasteiger partial charge in [-0.05, 0) is 19.1 Å². The average Bonchev–Trinajstić information content (AvgIpc) is 2.35. The maximum Gasteiger partial charge on any atom is 0.270 e. The van der Waals surface area contributed by atoms with E-state index in [9.17, 15) is 14.9 Å². The zero-order valence-corrected chi connectivity index (χ0v) is 10.2. The normalized spacial score (nSPS) is 10.4. The monoisotopic (exact) mass is 260 g/mol. The summed E-state index contributed by atoms with van der Waals surface area (Å²) < 4.78 is 0. The number of aromatic nitrogens is 1. The van der Waals surface area contributed by atoms with Crippen LogP contribution < -0.4 is 11.1 Å². The summed E-state index contributed by atoms with van der Waals surface area (Å²) in [6.45, 7) is 1.76. The van der Waals surface area contributed by atoms with Crippen molar-refractivity contribution in [2.75, 3.05) is 11.9 Å². The molecule has 1 aromatic carbocycles. The first-order valence-corrected chi connectivity index (χ1v) is 5.55. The molecule has 0 fully saturated rings. The van der Waals surface area contributed by atoms with Gasteiger partial charge in [0.15, 0.2) is 0 Å². The first-order valence-electron chi connectivity index (χ1n) is 5.55. The lowest BCUT2D eigenvalue weighted by molar-refractivity contribution is -0.384. The Morgan fingerprint density at radius 1 is 1.47 bits per heavy atom. The Kier molecular flexibility index (Phi) is 3.28. The summed E-state index contributed by atoms with van der Waals surface area (Å²) in [6.07, 6.45) is 0. The van der Waals surface area contributed by atoms with Crippen LogP contribution in [0.3, 0.4) is 0 Å². The topological polar surface area (TPSA) is 111 Å². The minimum absolute atomic E-state index is 0.0275. The number of nitrogens with two attached hydrogens (primary N) is 1. The maximum atomic E-state index is 10.8. The number of hydrogen-bond donors (Lipinski definition) is 2. The van der Waals surface area contributed by atoms with E-state index in [0.717, 1.165) is 5.69 Å². The van der Waals surface area contributed by atoms with Crippen LogP contribution >= 0.6 is 0 Å². The van der Waals surface area contributed by atoms with E-state index in [0.29, 0.717) is 16.6 Å². The zero-order valence-electron chi connectivity index (χ0n) is 10.2. The van der Waals surface area contributed by atoms with E-state index in [1.165, 1.54) is 12.1 Å². The standard InChI is InChI=1S/C12H12N4O3/c1-7-4-11(14-6-12(13)17)9-5-8(16(18)19)2-3-10(9)15-7/h2-5H,6H2,1H3,(H2,13,17)(H,14,15). The number of primary amides is 1. The predicted octanol–water partition coefficient (Wildman–Crippen LogP) is 1.35. The Morgan fingerprint density at radius 2 is 2.21 bits per heavy atom. The lowest BCUT2D eigenvalue weighted by Gasteiger charge is -2.09. The Bertz CT molecular complexity index is 669. The molecule has 0 bridgehead atoms. The summed E-state index contributed by atoms with van der Waals surface area (Å²) in [5.41, 5.74) is 7.02. The summed E-state index contributed by atoms with van der Waals surface area (Å²) in [5, 5.41) is 14.2. The van der Waals surface area contributed by atoms with Gasteiger partial charge in [-0.15, -0.1) is 0 Å². The minimum Gasteiger partial charge on any atom is -0.376 e. The number of carbonyl (C=O) groups is 1. The molecule has 19 heavy (non-hydrogen) atoms. The van der Waals surface area contributed by atoms with Gasteiger partial charge >= 0.3 is 0 Å². The van der Waals surface area contributed by atoms with E-state index in [4.69, 9.17) is 5.73 Å². The van der Waals surface area contributed by atoms with Gasteiger partial charge in [0.1, 0.15) is 0 Å². The first kappa shape index (κ1) is 12.7. The van der Waals surface area contributed by atoms with Crippen LogP contribution in [0.2, 0.25) is 0 Å². The largest absolute Gasteiger partial charge is 0.376 e. The molecule has 0 radical (unpaired) electrons. The van der Waals surface area contributed by atoms with Crippen molar-refractivity contribution in [3.05, 3.63) is 40.1 Å². The van der Waals surface area contributed by atoms with E-state index >= 15 is 0 Å². The molecule has 0 atom stereocenters. The molecule has 7 heteroatoms. The van der Waals surface area contributed by atoms with Crippen LogP contribution in [0.15, 0.2) is 24.3 Å². The van der Waals surface area contributed by atoms with Crippen molar-refractivity contribution in [2.24, 2.45) is 5.73 Å². The van der Waals surface area contributed by atoms with Crippen molar-refractivity contribution in [3.63, 3.8) is 0 Å². The number of hydrogen-bond acceptors (Lipinski definition) is 5. The highest BCUT2D eigenvalue weighted by Gasteiger charge is 2.11. The Balaban J connectivity index is 2.55. The Hall–Kier alpha value is -2.70. The zero-order chi connectivity index (χ0) is 14.0. The number of pyridine rings is 1. The van der Waals surface area contributed by atoms with Crippen LogP contribution in [0.4, 0.5) is 11.4 Å². The molecule has 0 saturated carbocycles. The quantitative estimate of drug-likeness (QED) is 0.636. The minimum atomic E-state index is -0.506. The lowest BCUT2D eigenvalue weighted by Crippen LogP contribution is -2.22. The molecule has 0 saturated heterocycles. The van der Waals surface area contributed by atoms with Crippen molar-refractivity contribution in [3.8, 4) is 0 Å². The molecular weight excluding hydrogens is 248 g/mol. The number of nitrogens with one attached hydrogen (secondary N) is 1. The molecule has 2 rings (SSSR count).